The average Bonchev–Trinajstić information content (AvgIpc) is 2.45. The Morgan fingerprint density at radius 3 is 2.54 bits per heavy atom. The smallest absolute Gasteiger partial charge is 0.0237 e. The molecule has 1 nitrogen and oxygen atoms in total. The molecule has 1 heterocycles. The van der Waals surface area contributed by atoms with Crippen LogP contribution in [0.2, 0.25) is 0 Å². The van der Waals surface area contributed by atoms with Crippen molar-refractivity contribution in [2.24, 2.45) is 0 Å². The Balaban J connectivity index is 2.43. The number of hydrogen-bond acceptors (Lipinski definition) is 0. The summed E-state index contributed by atoms with van der Waals surface area (Å²) in [6.07, 6.45) is 7.52. The summed E-state index contributed by atoms with van der Waals surface area (Å²) in [6.45, 7) is 6.86. The molecule has 0 aliphatic heterocycles. The van der Waals surface area contributed by atoms with Crippen LogP contribution in [-0.2, 0) is 18.3 Å². The van der Waals surface area contributed by atoms with E-state index in [1.54, 1.807) is 11.1 Å². The van der Waals surface area contributed by atoms with E-state index in [-0.39, 0.29) is 5.41 Å². The van der Waals surface area contributed by atoms with Crippen molar-refractivity contribution in [1.29, 1.82) is 0 Å². The minimum atomic E-state index is 0.283. The van der Waals surface area contributed by atoms with Gasteiger partial charge in [0.05, 0.1) is 0 Å². The fraction of sp³-hybridized carbons (Fsp3) is 0.667. The summed E-state index contributed by atoms with van der Waals surface area (Å²) in [6, 6.07) is 0. The lowest BCUT2D eigenvalue weighted by Gasteiger charge is -2.21. The van der Waals surface area contributed by atoms with Gasteiger partial charge in [-0.2, -0.15) is 0 Å². The maximum atomic E-state index is 3.46. The summed E-state index contributed by atoms with van der Waals surface area (Å²) in [5.74, 6) is 0. The first-order valence-corrected chi connectivity index (χ1v) is 5.28. The van der Waals surface area contributed by atoms with Gasteiger partial charge in [-0.25, -0.2) is 0 Å². The van der Waals surface area contributed by atoms with Crippen LogP contribution in [-0.4, -0.2) is 4.98 Å². The Morgan fingerprint density at radius 2 is 1.85 bits per heavy atom. The largest absolute Gasteiger partial charge is 0.364 e. The standard InChI is InChI=1S/C12H19N/c1-12(2,3)11-10-7-5-4-6-9(10)8-13-11/h8,13H,4-7H2,1-3H3. The molecule has 0 unspecified atom stereocenters. The average molecular weight is 177 g/mol. The summed E-state index contributed by atoms with van der Waals surface area (Å²) in [4.78, 5) is 3.46. The molecule has 0 atom stereocenters. The Morgan fingerprint density at radius 1 is 1.15 bits per heavy atom. The molecular weight excluding hydrogens is 158 g/mol. The molecule has 2 rings (SSSR count). The zero-order valence-electron chi connectivity index (χ0n) is 8.91. The normalized spacial score (nSPS) is 17.2. The minimum Gasteiger partial charge on any atom is -0.364 e. The van der Waals surface area contributed by atoms with Crippen LogP contribution in [0, 0.1) is 0 Å². The quantitative estimate of drug-likeness (QED) is 0.626. The van der Waals surface area contributed by atoms with Gasteiger partial charge in [-0.3, -0.25) is 0 Å². The second kappa shape index (κ2) is 2.90. The highest BCUT2D eigenvalue weighted by molar-refractivity contribution is 5.36. The first-order valence-electron chi connectivity index (χ1n) is 5.28. The van der Waals surface area contributed by atoms with E-state index in [2.05, 4.69) is 32.0 Å². The molecule has 0 saturated carbocycles. The van der Waals surface area contributed by atoms with E-state index in [0.29, 0.717) is 0 Å². The zero-order valence-corrected chi connectivity index (χ0v) is 8.91. The molecule has 0 spiro atoms. The van der Waals surface area contributed by atoms with Crippen molar-refractivity contribution < 1.29 is 0 Å². The molecule has 0 bridgehead atoms. The molecule has 0 saturated heterocycles. The second-order valence-corrected chi connectivity index (χ2v) is 5.12. The number of H-pyrrole nitrogens is 1. The van der Waals surface area contributed by atoms with Crippen molar-refractivity contribution in [1.82, 2.24) is 4.98 Å². The predicted octanol–water partition coefficient (Wildman–Crippen LogP) is 3.19. The molecule has 0 fully saturated rings. The van der Waals surface area contributed by atoms with E-state index in [1.165, 1.54) is 31.4 Å². The van der Waals surface area contributed by atoms with Crippen LogP contribution < -0.4 is 0 Å². The predicted molar refractivity (Wildman–Crippen MR) is 56.1 cm³/mol. The Bertz CT molecular complexity index is 301. The summed E-state index contributed by atoms with van der Waals surface area (Å²) in [5, 5.41) is 0. The lowest BCUT2D eigenvalue weighted by molar-refractivity contribution is 0.558. The van der Waals surface area contributed by atoms with Gasteiger partial charge in [0.1, 0.15) is 0 Å². The molecule has 1 aromatic rings. The van der Waals surface area contributed by atoms with Crippen molar-refractivity contribution >= 4 is 0 Å². The van der Waals surface area contributed by atoms with Gasteiger partial charge in [0.2, 0.25) is 0 Å². The van der Waals surface area contributed by atoms with Crippen molar-refractivity contribution in [3.63, 3.8) is 0 Å². The van der Waals surface area contributed by atoms with Gasteiger partial charge < -0.3 is 4.98 Å². The van der Waals surface area contributed by atoms with Crippen LogP contribution in [0.4, 0.5) is 0 Å². The third-order valence-electron chi connectivity index (χ3n) is 2.95. The zero-order chi connectivity index (χ0) is 9.47. The number of aryl methyl sites for hydroxylation is 1. The van der Waals surface area contributed by atoms with Crippen LogP contribution in [0.25, 0.3) is 0 Å². The number of fused-ring (bicyclic) bond motifs is 1. The molecule has 0 aromatic carbocycles. The fourth-order valence-electron chi connectivity index (χ4n) is 2.29. The molecule has 1 aromatic heterocycles. The van der Waals surface area contributed by atoms with E-state index in [4.69, 9.17) is 0 Å². The molecule has 0 radical (unpaired) electrons. The number of rotatable bonds is 0. The fourth-order valence-corrected chi connectivity index (χ4v) is 2.29. The number of aromatic amines is 1. The number of aromatic nitrogens is 1. The molecule has 1 aliphatic carbocycles. The van der Waals surface area contributed by atoms with E-state index < -0.39 is 0 Å². The highest BCUT2D eigenvalue weighted by atomic mass is 14.7. The third-order valence-corrected chi connectivity index (χ3v) is 2.95. The van der Waals surface area contributed by atoms with Crippen LogP contribution >= 0.6 is 0 Å². The number of nitrogens with one attached hydrogen (secondary N) is 1. The van der Waals surface area contributed by atoms with E-state index in [1.807, 2.05) is 0 Å². The van der Waals surface area contributed by atoms with Crippen molar-refractivity contribution in [2.45, 2.75) is 51.9 Å². The lowest BCUT2D eigenvalue weighted by atomic mass is 9.84. The summed E-state index contributed by atoms with van der Waals surface area (Å²) < 4.78 is 0. The van der Waals surface area contributed by atoms with Crippen LogP contribution in [0.15, 0.2) is 6.20 Å². The maximum absolute atomic E-state index is 3.46. The molecule has 0 amide bonds. The van der Waals surface area contributed by atoms with Crippen molar-refractivity contribution in [3.8, 4) is 0 Å². The second-order valence-electron chi connectivity index (χ2n) is 5.12. The summed E-state index contributed by atoms with van der Waals surface area (Å²) in [7, 11) is 0. The summed E-state index contributed by atoms with van der Waals surface area (Å²) >= 11 is 0. The summed E-state index contributed by atoms with van der Waals surface area (Å²) in [5.41, 5.74) is 4.92. The van der Waals surface area contributed by atoms with E-state index in [0.717, 1.165) is 0 Å². The molecule has 1 aliphatic rings. The molecule has 1 heteroatoms. The van der Waals surface area contributed by atoms with Gasteiger partial charge in [-0.05, 0) is 36.8 Å². The first-order chi connectivity index (χ1) is 6.09. The van der Waals surface area contributed by atoms with Crippen LogP contribution in [0.1, 0.15) is 50.4 Å². The van der Waals surface area contributed by atoms with Gasteiger partial charge in [0.15, 0.2) is 0 Å². The Labute approximate surface area is 80.6 Å². The van der Waals surface area contributed by atoms with E-state index >= 15 is 0 Å². The lowest BCUT2D eigenvalue weighted by Crippen LogP contribution is -2.15. The Hall–Kier alpha value is -0.720. The van der Waals surface area contributed by atoms with Crippen LogP contribution in [0.5, 0.6) is 0 Å². The number of hydrogen-bond donors (Lipinski definition) is 1. The molecule has 13 heavy (non-hydrogen) atoms. The van der Waals surface area contributed by atoms with Gasteiger partial charge in [0, 0.05) is 17.3 Å². The van der Waals surface area contributed by atoms with E-state index in [9.17, 15) is 0 Å². The van der Waals surface area contributed by atoms with Gasteiger partial charge in [-0.15, -0.1) is 0 Å². The molecule has 1 N–H and O–H groups in total. The SMILES string of the molecule is CC(C)(C)c1[nH]cc2c1CCCC2. The molecular formula is C12H19N. The highest BCUT2D eigenvalue weighted by Gasteiger charge is 2.23. The van der Waals surface area contributed by atoms with Gasteiger partial charge in [-0.1, -0.05) is 20.8 Å². The van der Waals surface area contributed by atoms with Gasteiger partial charge >= 0.3 is 0 Å². The van der Waals surface area contributed by atoms with Crippen LogP contribution in [0.3, 0.4) is 0 Å². The van der Waals surface area contributed by atoms with Gasteiger partial charge in [0.25, 0.3) is 0 Å². The van der Waals surface area contributed by atoms with Crippen molar-refractivity contribution in [3.05, 3.63) is 23.0 Å². The monoisotopic (exact) mass is 177 g/mol. The maximum Gasteiger partial charge on any atom is 0.0237 e. The Kier molecular flexibility index (Phi) is 1.98. The topological polar surface area (TPSA) is 15.8 Å². The van der Waals surface area contributed by atoms with Crippen molar-refractivity contribution in [2.75, 3.05) is 0 Å². The highest BCUT2D eigenvalue weighted by Crippen LogP contribution is 2.31. The molecule has 72 valence electrons. The first kappa shape index (κ1) is 8.86. The minimum absolute atomic E-state index is 0.283. The third kappa shape index (κ3) is 1.52.